The molecule has 1 amide bonds. The van der Waals surface area contributed by atoms with E-state index in [0.29, 0.717) is 18.7 Å². The van der Waals surface area contributed by atoms with Crippen LogP contribution in [-0.4, -0.2) is 48.9 Å². The number of likely N-dealkylation sites (tertiary alicyclic amines) is 1. The Morgan fingerprint density at radius 1 is 1.16 bits per heavy atom. The summed E-state index contributed by atoms with van der Waals surface area (Å²) in [5.41, 5.74) is 3.09. The van der Waals surface area contributed by atoms with Crippen molar-refractivity contribution in [2.75, 3.05) is 31.6 Å². The first kappa shape index (κ1) is 21.0. The van der Waals surface area contributed by atoms with Gasteiger partial charge in [0.15, 0.2) is 0 Å². The number of fused-ring (bicyclic) bond motifs is 3. The molecular formula is C24H25F3N2O3. The van der Waals surface area contributed by atoms with Gasteiger partial charge in [0.1, 0.15) is 5.75 Å². The first-order chi connectivity index (χ1) is 15.3. The van der Waals surface area contributed by atoms with Gasteiger partial charge in [0.2, 0.25) is 0 Å². The Balaban J connectivity index is 1.66. The zero-order valence-corrected chi connectivity index (χ0v) is 17.8. The highest BCUT2D eigenvalue weighted by Crippen LogP contribution is 2.50. The summed E-state index contributed by atoms with van der Waals surface area (Å²) >= 11 is 0. The number of aryl methyl sites for hydroxylation is 1. The molecule has 1 N–H and O–H groups in total. The largest absolute Gasteiger partial charge is 0.497 e. The molecule has 3 heterocycles. The Bertz CT molecular complexity index is 1070. The van der Waals surface area contributed by atoms with Gasteiger partial charge in [0.05, 0.1) is 12.7 Å². The summed E-state index contributed by atoms with van der Waals surface area (Å²) in [4.78, 5) is 15.6. The van der Waals surface area contributed by atoms with E-state index < -0.39 is 17.8 Å². The normalized spacial score (nSPS) is 22.2. The monoisotopic (exact) mass is 446 g/mol. The number of ether oxygens (including phenoxy) is 1. The second kappa shape index (κ2) is 7.60. The highest BCUT2D eigenvalue weighted by Gasteiger charge is 2.44. The van der Waals surface area contributed by atoms with Crippen LogP contribution in [0, 0.1) is 0 Å². The number of carboxylic acid groups (broad SMARTS) is 1. The van der Waals surface area contributed by atoms with Gasteiger partial charge >= 0.3 is 12.3 Å². The van der Waals surface area contributed by atoms with E-state index in [1.54, 1.807) is 6.07 Å². The Morgan fingerprint density at radius 3 is 2.69 bits per heavy atom. The van der Waals surface area contributed by atoms with E-state index in [0.717, 1.165) is 55.1 Å². The number of methoxy groups -OCH3 is 1. The lowest BCUT2D eigenvalue weighted by Gasteiger charge is -2.33. The third kappa shape index (κ3) is 3.36. The third-order valence-corrected chi connectivity index (χ3v) is 7.07. The van der Waals surface area contributed by atoms with Gasteiger partial charge in [0.25, 0.3) is 0 Å². The first-order valence-corrected chi connectivity index (χ1v) is 10.9. The molecule has 5 rings (SSSR count). The van der Waals surface area contributed by atoms with Gasteiger partial charge in [-0.25, -0.2) is 4.79 Å². The summed E-state index contributed by atoms with van der Waals surface area (Å²) in [6, 6.07) is 8.02. The lowest BCUT2D eigenvalue weighted by atomic mass is 9.88. The summed E-state index contributed by atoms with van der Waals surface area (Å²) in [5.74, 6) is 0.128. The molecule has 0 bridgehead atoms. The number of carbonyl (C=O) groups is 1. The molecule has 8 heteroatoms. The van der Waals surface area contributed by atoms with Gasteiger partial charge in [-0.05, 0) is 72.2 Å². The van der Waals surface area contributed by atoms with Gasteiger partial charge < -0.3 is 19.6 Å². The molecule has 0 aromatic heterocycles. The topological polar surface area (TPSA) is 53.0 Å². The predicted molar refractivity (Wildman–Crippen MR) is 114 cm³/mol. The average Bonchev–Trinajstić information content (AvgIpc) is 2.92. The van der Waals surface area contributed by atoms with Gasteiger partial charge in [-0.2, -0.15) is 13.2 Å². The number of benzene rings is 2. The van der Waals surface area contributed by atoms with E-state index in [1.165, 1.54) is 18.1 Å². The lowest BCUT2D eigenvalue weighted by molar-refractivity contribution is -0.137. The van der Waals surface area contributed by atoms with Crippen LogP contribution in [0.5, 0.6) is 5.75 Å². The highest BCUT2D eigenvalue weighted by atomic mass is 19.4. The Kier molecular flexibility index (Phi) is 4.98. The highest BCUT2D eigenvalue weighted by molar-refractivity contribution is 5.78. The minimum Gasteiger partial charge on any atom is -0.497 e. The number of halogens is 3. The van der Waals surface area contributed by atoms with Crippen LogP contribution in [0.15, 0.2) is 30.3 Å². The number of hydrogen-bond donors (Lipinski definition) is 1. The molecule has 3 aliphatic rings. The maximum Gasteiger partial charge on any atom is 0.417 e. The van der Waals surface area contributed by atoms with Crippen LogP contribution in [0.4, 0.5) is 23.7 Å². The molecule has 1 fully saturated rings. The maximum absolute atomic E-state index is 13.9. The molecule has 0 spiro atoms. The number of nitrogens with zero attached hydrogens (tertiary/aromatic N) is 2. The van der Waals surface area contributed by atoms with Crippen LogP contribution in [0.3, 0.4) is 0 Å². The number of alkyl halides is 3. The van der Waals surface area contributed by atoms with E-state index in [-0.39, 0.29) is 23.3 Å². The molecule has 170 valence electrons. The van der Waals surface area contributed by atoms with E-state index >= 15 is 0 Å². The van der Waals surface area contributed by atoms with Crippen LogP contribution in [0.2, 0.25) is 0 Å². The van der Waals surface area contributed by atoms with Gasteiger partial charge in [-0.1, -0.05) is 6.07 Å². The van der Waals surface area contributed by atoms with Crippen LogP contribution >= 0.6 is 0 Å². The van der Waals surface area contributed by atoms with E-state index in [2.05, 4.69) is 4.90 Å². The van der Waals surface area contributed by atoms with Crippen LogP contribution < -0.4 is 9.64 Å². The summed E-state index contributed by atoms with van der Waals surface area (Å²) in [7, 11) is 1.35. The van der Waals surface area contributed by atoms with Crippen LogP contribution in [0.25, 0.3) is 11.1 Å². The van der Waals surface area contributed by atoms with Gasteiger partial charge in [-0.15, -0.1) is 0 Å². The lowest BCUT2D eigenvalue weighted by Crippen LogP contribution is -2.39. The molecule has 3 aliphatic heterocycles. The van der Waals surface area contributed by atoms with Crippen molar-refractivity contribution < 1.29 is 27.8 Å². The summed E-state index contributed by atoms with van der Waals surface area (Å²) in [6.45, 7) is 1.78. The summed E-state index contributed by atoms with van der Waals surface area (Å²) < 4.78 is 46.8. The second-order valence-electron chi connectivity index (χ2n) is 8.82. The van der Waals surface area contributed by atoms with Crippen molar-refractivity contribution in [3.8, 4) is 16.9 Å². The predicted octanol–water partition coefficient (Wildman–Crippen LogP) is 5.37. The summed E-state index contributed by atoms with van der Waals surface area (Å²) in [5, 5.41) is 9.60. The van der Waals surface area contributed by atoms with E-state index in [1.807, 2.05) is 12.1 Å². The van der Waals surface area contributed by atoms with Crippen LogP contribution in [-0.2, 0) is 12.6 Å². The molecule has 2 aromatic rings. The third-order valence-electron chi connectivity index (χ3n) is 7.07. The second-order valence-corrected chi connectivity index (χ2v) is 8.82. The zero-order valence-electron chi connectivity index (χ0n) is 17.8. The Labute approximate surface area is 184 Å². The zero-order chi connectivity index (χ0) is 22.6. The van der Waals surface area contributed by atoms with Crippen molar-refractivity contribution in [1.82, 2.24) is 4.90 Å². The molecule has 32 heavy (non-hydrogen) atoms. The smallest absolute Gasteiger partial charge is 0.417 e. The Morgan fingerprint density at radius 2 is 1.97 bits per heavy atom. The average molecular weight is 446 g/mol. The fraction of sp³-hybridized carbons (Fsp3) is 0.458. The minimum atomic E-state index is -4.52. The number of hydrogen-bond acceptors (Lipinski definition) is 3. The molecule has 0 radical (unpaired) electrons. The molecule has 5 nitrogen and oxygen atoms in total. The summed E-state index contributed by atoms with van der Waals surface area (Å²) in [6.07, 6.45) is -2.03. The van der Waals surface area contributed by atoms with E-state index in [4.69, 9.17) is 4.74 Å². The molecule has 2 atom stereocenters. The van der Waals surface area contributed by atoms with Crippen molar-refractivity contribution >= 4 is 11.8 Å². The van der Waals surface area contributed by atoms with E-state index in [9.17, 15) is 23.1 Å². The number of rotatable bonds is 2. The SMILES string of the molecule is COc1ccc(-c2cc3c4c(c2)[C@@H]2CN(C(=O)O)CCC[C@@H]2N4CCC3)c(C(F)(F)F)c1. The standard InChI is InChI=1S/C24H25F3N2O3/c1-32-16-6-7-17(20(12-16)24(25,26)27)15-10-14-4-2-9-29-21-5-3-8-28(23(30)31)13-19(21)18(11-15)22(14)29/h6-7,10-12,19,21H,2-5,8-9,13H2,1H3,(H,30,31)/t19-,21-/m0/s1. The molecule has 0 unspecified atom stereocenters. The van der Waals surface area contributed by atoms with Crippen molar-refractivity contribution in [3.63, 3.8) is 0 Å². The van der Waals surface area contributed by atoms with Crippen molar-refractivity contribution in [2.45, 2.75) is 43.8 Å². The number of amides is 1. The molecular weight excluding hydrogens is 421 g/mol. The Hall–Kier alpha value is -2.90. The fourth-order valence-electron chi connectivity index (χ4n) is 5.71. The molecule has 2 aromatic carbocycles. The molecule has 0 saturated carbocycles. The van der Waals surface area contributed by atoms with Crippen molar-refractivity contribution in [2.24, 2.45) is 0 Å². The maximum atomic E-state index is 13.9. The van der Waals surface area contributed by atoms with Crippen LogP contribution in [0.1, 0.15) is 41.9 Å². The van der Waals surface area contributed by atoms with Crippen molar-refractivity contribution in [3.05, 3.63) is 47.0 Å². The van der Waals surface area contributed by atoms with Gasteiger partial charge in [0, 0.05) is 37.3 Å². The van der Waals surface area contributed by atoms with Gasteiger partial charge in [-0.3, -0.25) is 0 Å². The van der Waals surface area contributed by atoms with Crippen molar-refractivity contribution in [1.29, 1.82) is 0 Å². The first-order valence-electron chi connectivity index (χ1n) is 10.9. The minimum absolute atomic E-state index is 0.0343. The molecule has 1 saturated heterocycles. The fourth-order valence-corrected chi connectivity index (χ4v) is 5.71. The quantitative estimate of drug-likeness (QED) is 0.674. The number of anilines is 1. The molecule has 0 aliphatic carbocycles.